The van der Waals surface area contributed by atoms with Crippen LogP contribution in [0.5, 0.6) is 5.75 Å². The molecule has 4 nitrogen and oxygen atoms in total. The molecular weight excluding hydrogens is 334 g/mol. The fourth-order valence-corrected chi connectivity index (χ4v) is 3.64. The van der Waals surface area contributed by atoms with E-state index in [1.54, 1.807) is 7.11 Å². The third-order valence-corrected chi connectivity index (χ3v) is 5.44. The standard InChI is InChI=1S/C20H23NO3S/c1-14-3-11-19(25-14)18(22)10-12-20(23)21(16-6-7-16)13-15-4-8-17(24-2)9-5-15/h3-5,8-9,11,16H,6-7,10,12-13H2,1-2H3. The van der Waals surface area contributed by atoms with E-state index >= 15 is 0 Å². The normalized spacial score (nSPS) is 13.5. The summed E-state index contributed by atoms with van der Waals surface area (Å²) in [6.07, 6.45) is 2.67. The van der Waals surface area contributed by atoms with Crippen molar-refractivity contribution in [2.45, 2.75) is 45.2 Å². The van der Waals surface area contributed by atoms with Crippen molar-refractivity contribution >= 4 is 23.0 Å². The highest BCUT2D eigenvalue weighted by molar-refractivity contribution is 7.14. The van der Waals surface area contributed by atoms with Crippen molar-refractivity contribution in [3.8, 4) is 5.75 Å². The second-order valence-corrected chi connectivity index (χ2v) is 7.72. The Morgan fingerprint density at radius 1 is 1.12 bits per heavy atom. The second-order valence-electron chi connectivity index (χ2n) is 6.43. The van der Waals surface area contributed by atoms with E-state index in [9.17, 15) is 9.59 Å². The maximum Gasteiger partial charge on any atom is 0.223 e. The number of benzene rings is 1. The van der Waals surface area contributed by atoms with Crippen LogP contribution >= 0.6 is 11.3 Å². The van der Waals surface area contributed by atoms with Gasteiger partial charge in [0.05, 0.1) is 12.0 Å². The molecular formula is C20H23NO3S. The van der Waals surface area contributed by atoms with Crippen molar-refractivity contribution in [1.82, 2.24) is 4.90 Å². The average Bonchev–Trinajstić information content (AvgIpc) is 3.38. The van der Waals surface area contributed by atoms with E-state index in [4.69, 9.17) is 4.74 Å². The summed E-state index contributed by atoms with van der Waals surface area (Å²) in [5, 5.41) is 0. The van der Waals surface area contributed by atoms with Gasteiger partial charge >= 0.3 is 0 Å². The molecule has 1 saturated carbocycles. The fourth-order valence-electron chi connectivity index (χ4n) is 2.81. The van der Waals surface area contributed by atoms with Crippen molar-refractivity contribution in [2.75, 3.05) is 7.11 Å². The van der Waals surface area contributed by atoms with Gasteiger partial charge in [-0.15, -0.1) is 11.3 Å². The Morgan fingerprint density at radius 2 is 1.84 bits per heavy atom. The molecule has 132 valence electrons. The number of thiophene rings is 1. The van der Waals surface area contributed by atoms with Crippen LogP contribution in [0, 0.1) is 6.92 Å². The Hall–Kier alpha value is -2.14. The molecule has 1 aliphatic carbocycles. The van der Waals surface area contributed by atoms with Gasteiger partial charge in [-0.1, -0.05) is 12.1 Å². The van der Waals surface area contributed by atoms with Crippen molar-refractivity contribution in [1.29, 1.82) is 0 Å². The van der Waals surface area contributed by atoms with Crippen LogP contribution in [0.25, 0.3) is 0 Å². The topological polar surface area (TPSA) is 46.6 Å². The van der Waals surface area contributed by atoms with E-state index in [0.29, 0.717) is 12.6 Å². The number of amides is 1. The minimum Gasteiger partial charge on any atom is -0.497 e. The van der Waals surface area contributed by atoms with Gasteiger partial charge in [0.1, 0.15) is 5.75 Å². The van der Waals surface area contributed by atoms with Crippen molar-refractivity contribution in [2.24, 2.45) is 0 Å². The lowest BCUT2D eigenvalue weighted by molar-refractivity contribution is -0.132. The number of carbonyl (C=O) groups is 2. The largest absolute Gasteiger partial charge is 0.497 e. The smallest absolute Gasteiger partial charge is 0.223 e. The van der Waals surface area contributed by atoms with Gasteiger partial charge in [0.15, 0.2) is 5.78 Å². The zero-order valence-electron chi connectivity index (χ0n) is 14.7. The van der Waals surface area contributed by atoms with Crippen LogP contribution in [-0.4, -0.2) is 29.7 Å². The molecule has 0 spiro atoms. The highest BCUT2D eigenvalue weighted by Crippen LogP contribution is 2.29. The number of ether oxygens (including phenoxy) is 1. The van der Waals surface area contributed by atoms with E-state index in [2.05, 4.69) is 0 Å². The van der Waals surface area contributed by atoms with Crippen molar-refractivity contribution < 1.29 is 14.3 Å². The van der Waals surface area contributed by atoms with Gasteiger partial charge in [-0.05, 0) is 49.6 Å². The summed E-state index contributed by atoms with van der Waals surface area (Å²) >= 11 is 1.49. The van der Waals surface area contributed by atoms with Crippen LogP contribution in [0.2, 0.25) is 0 Å². The van der Waals surface area contributed by atoms with Crippen LogP contribution in [0.1, 0.15) is 45.8 Å². The maximum atomic E-state index is 12.6. The molecule has 3 rings (SSSR count). The third-order valence-electron chi connectivity index (χ3n) is 4.40. The Balaban J connectivity index is 1.58. The molecule has 0 N–H and O–H groups in total. The summed E-state index contributed by atoms with van der Waals surface area (Å²) in [7, 11) is 1.64. The second kappa shape index (κ2) is 7.83. The first-order valence-corrected chi connectivity index (χ1v) is 9.40. The molecule has 1 aliphatic rings. The summed E-state index contributed by atoms with van der Waals surface area (Å²) in [4.78, 5) is 28.7. The van der Waals surface area contributed by atoms with Gasteiger partial charge in [-0.3, -0.25) is 9.59 Å². The van der Waals surface area contributed by atoms with Gasteiger partial charge in [-0.2, -0.15) is 0 Å². The number of ketones is 1. The number of Topliss-reactive ketones (excluding diaryl/α,β-unsaturated/α-hetero) is 1. The minimum atomic E-state index is 0.0617. The van der Waals surface area contributed by atoms with E-state index in [1.165, 1.54) is 11.3 Å². The Labute approximate surface area is 152 Å². The first kappa shape index (κ1) is 17.7. The van der Waals surface area contributed by atoms with Crippen LogP contribution in [0.3, 0.4) is 0 Å². The van der Waals surface area contributed by atoms with Gasteiger partial charge in [0.25, 0.3) is 0 Å². The monoisotopic (exact) mass is 357 g/mol. The fraction of sp³-hybridized carbons (Fsp3) is 0.400. The lowest BCUT2D eigenvalue weighted by Gasteiger charge is -2.22. The molecule has 1 heterocycles. The van der Waals surface area contributed by atoms with E-state index in [0.717, 1.165) is 33.9 Å². The molecule has 1 fully saturated rings. The molecule has 1 aromatic carbocycles. The highest BCUT2D eigenvalue weighted by Gasteiger charge is 2.32. The van der Waals surface area contributed by atoms with Crippen LogP contribution in [0.4, 0.5) is 0 Å². The molecule has 0 saturated heterocycles. The van der Waals surface area contributed by atoms with Gasteiger partial charge in [0.2, 0.25) is 5.91 Å². The predicted molar refractivity (Wildman–Crippen MR) is 99.2 cm³/mol. The zero-order valence-corrected chi connectivity index (χ0v) is 15.5. The molecule has 1 amide bonds. The van der Waals surface area contributed by atoms with Crippen molar-refractivity contribution in [3.05, 3.63) is 51.7 Å². The molecule has 0 unspecified atom stereocenters. The van der Waals surface area contributed by atoms with Crippen LogP contribution in [0.15, 0.2) is 36.4 Å². The third kappa shape index (κ3) is 4.69. The SMILES string of the molecule is COc1ccc(CN(C(=O)CCC(=O)c2ccc(C)s2)C2CC2)cc1. The van der Waals surface area contributed by atoms with Gasteiger partial charge in [-0.25, -0.2) is 0 Å². The number of hydrogen-bond acceptors (Lipinski definition) is 4. The Bertz CT molecular complexity index is 747. The van der Waals surface area contributed by atoms with Crippen LogP contribution < -0.4 is 4.74 Å². The van der Waals surface area contributed by atoms with E-state index in [-0.39, 0.29) is 24.5 Å². The molecule has 0 aliphatic heterocycles. The summed E-state index contributed by atoms with van der Waals surface area (Å²) in [6.45, 7) is 2.58. The highest BCUT2D eigenvalue weighted by atomic mass is 32.1. The molecule has 5 heteroatoms. The maximum absolute atomic E-state index is 12.6. The summed E-state index contributed by atoms with van der Waals surface area (Å²) < 4.78 is 5.17. The lowest BCUT2D eigenvalue weighted by atomic mass is 10.1. The number of methoxy groups -OCH3 is 1. The minimum absolute atomic E-state index is 0.0617. The molecule has 25 heavy (non-hydrogen) atoms. The number of rotatable bonds is 8. The van der Waals surface area contributed by atoms with Crippen LogP contribution in [-0.2, 0) is 11.3 Å². The van der Waals surface area contributed by atoms with Gasteiger partial charge in [0, 0.05) is 30.3 Å². The van der Waals surface area contributed by atoms with E-state index in [1.807, 2.05) is 48.2 Å². The first-order valence-electron chi connectivity index (χ1n) is 8.59. The number of carbonyl (C=O) groups excluding carboxylic acids is 2. The Morgan fingerprint density at radius 3 is 2.40 bits per heavy atom. The number of nitrogens with zero attached hydrogens (tertiary/aromatic N) is 1. The van der Waals surface area contributed by atoms with Crippen molar-refractivity contribution in [3.63, 3.8) is 0 Å². The summed E-state index contributed by atoms with van der Waals surface area (Å²) in [6, 6.07) is 11.9. The zero-order chi connectivity index (χ0) is 17.8. The first-order chi connectivity index (χ1) is 12.1. The predicted octanol–water partition coefficient (Wildman–Crippen LogP) is 4.22. The molecule has 2 aromatic rings. The number of aryl methyl sites for hydroxylation is 1. The van der Waals surface area contributed by atoms with Gasteiger partial charge < -0.3 is 9.64 Å². The Kier molecular flexibility index (Phi) is 5.53. The molecule has 0 atom stereocenters. The van der Waals surface area contributed by atoms with E-state index < -0.39 is 0 Å². The number of hydrogen-bond donors (Lipinski definition) is 0. The molecule has 1 aromatic heterocycles. The summed E-state index contributed by atoms with van der Waals surface area (Å²) in [5.74, 6) is 0.941. The lowest BCUT2D eigenvalue weighted by Crippen LogP contribution is -2.32. The quantitative estimate of drug-likeness (QED) is 0.665. The average molecular weight is 357 g/mol. The molecule has 0 radical (unpaired) electrons. The molecule has 0 bridgehead atoms. The summed E-state index contributed by atoms with van der Waals surface area (Å²) in [5.41, 5.74) is 1.08.